The molecule has 0 radical (unpaired) electrons. The number of hydrogen-bond acceptors (Lipinski definition) is 3. The van der Waals surface area contributed by atoms with Crippen molar-refractivity contribution in [1.29, 1.82) is 0 Å². The zero-order valence-corrected chi connectivity index (χ0v) is 14.2. The standard InChI is InChI=1S/C20H18N4O/c1-13-15-7-3-4-8-17(15)22-14(2)16(13)11-20(25)23-24-12-21-18-9-5-6-10-19(18)24/h3-10,12H,11H2,1-2H3,(H,23,25). The molecule has 0 aliphatic carbocycles. The summed E-state index contributed by atoms with van der Waals surface area (Å²) < 4.78 is 1.66. The Kier molecular flexibility index (Phi) is 3.69. The number of hydrogen-bond donors (Lipinski definition) is 1. The zero-order valence-electron chi connectivity index (χ0n) is 14.2. The largest absolute Gasteiger partial charge is 0.273 e. The predicted molar refractivity (Wildman–Crippen MR) is 99.0 cm³/mol. The lowest BCUT2D eigenvalue weighted by atomic mass is 9.99. The SMILES string of the molecule is Cc1nc2ccccc2c(C)c1CC(=O)Nn1cnc2ccccc21. The highest BCUT2D eigenvalue weighted by Crippen LogP contribution is 2.23. The molecule has 2 aromatic carbocycles. The monoisotopic (exact) mass is 330 g/mol. The average Bonchev–Trinajstić information content (AvgIpc) is 3.02. The van der Waals surface area contributed by atoms with Crippen LogP contribution in [0.3, 0.4) is 0 Å². The average molecular weight is 330 g/mol. The van der Waals surface area contributed by atoms with Gasteiger partial charge < -0.3 is 0 Å². The van der Waals surface area contributed by atoms with E-state index in [2.05, 4.69) is 15.4 Å². The smallest absolute Gasteiger partial charge is 0.243 e. The molecule has 0 aliphatic rings. The van der Waals surface area contributed by atoms with Gasteiger partial charge in [-0.05, 0) is 43.2 Å². The summed E-state index contributed by atoms with van der Waals surface area (Å²) in [5.74, 6) is -0.0913. The number of amides is 1. The molecule has 124 valence electrons. The molecule has 1 N–H and O–H groups in total. The summed E-state index contributed by atoms with van der Waals surface area (Å²) in [6.45, 7) is 4.00. The fourth-order valence-corrected chi connectivity index (χ4v) is 3.21. The Morgan fingerprint density at radius 3 is 2.60 bits per heavy atom. The lowest BCUT2D eigenvalue weighted by molar-refractivity contribution is -0.116. The summed E-state index contributed by atoms with van der Waals surface area (Å²) in [5.41, 5.74) is 8.56. The summed E-state index contributed by atoms with van der Waals surface area (Å²) in [5, 5.41) is 1.09. The maximum absolute atomic E-state index is 12.6. The molecule has 5 heteroatoms. The molecule has 5 nitrogen and oxygen atoms in total. The van der Waals surface area contributed by atoms with Gasteiger partial charge in [0.15, 0.2) is 0 Å². The molecular weight excluding hydrogens is 312 g/mol. The first-order valence-electron chi connectivity index (χ1n) is 8.20. The second-order valence-electron chi connectivity index (χ2n) is 6.13. The molecule has 0 spiro atoms. The number of carbonyl (C=O) groups excluding carboxylic acids is 1. The van der Waals surface area contributed by atoms with Gasteiger partial charge in [0.2, 0.25) is 5.91 Å². The summed E-state index contributed by atoms with van der Waals surface area (Å²) >= 11 is 0. The van der Waals surface area contributed by atoms with Crippen molar-refractivity contribution >= 4 is 27.8 Å². The molecule has 0 fully saturated rings. The van der Waals surface area contributed by atoms with E-state index in [4.69, 9.17) is 0 Å². The molecule has 0 atom stereocenters. The molecule has 2 heterocycles. The van der Waals surface area contributed by atoms with Crippen molar-refractivity contribution in [2.75, 3.05) is 5.43 Å². The lowest BCUT2D eigenvalue weighted by Gasteiger charge is -2.13. The quantitative estimate of drug-likeness (QED) is 0.625. The Labute approximate surface area is 145 Å². The molecule has 0 saturated carbocycles. The van der Waals surface area contributed by atoms with Crippen molar-refractivity contribution in [3.8, 4) is 0 Å². The molecule has 0 bridgehead atoms. The highest BCUT2D eigenvalue weighted by atomic mass is 16.2. The maximum Gasteiger partial charge on any atom is 0.243 e. The first-order chi connectivity index (χ1) is 12.1. The third kappa shape index (κ3) is 2.74. The fourth-order valence-electron chi connectivity index (χ4n) is 3.21. The molecule has 2 aromatic heterocycles. The number of aryl methyl sites for hydroxylation is 2. The Morgan fingerprint density at radius 2 is 1.76 bits per heavy atom. The van der Waals surface area contributed by atoms with E-state index in [1.54, 1.807) is 11.0 Å². The number of para-hydroxylation sites is 3. The van der Waals surface area contributed by atoms with E-state index in [0.29, 0.717) is 0 Å². The summed E-state index contributed by atoms with van der Waals surface area (Å²) in [7, 11) is 0. The van der Waals surface area contributed by atoms with Crippen LogP contribution < -0.4 is 5.43 Å². The van der Waals surface area contributed by atoms with Crippen LogP contribution in [-0.4, -0.2) is 20.6 Å². The van der Waals surface area contributed by atoms with Crippen LogP contribution in [0.15, 0.2) is 54.9 Å². The number of imidazole rings is 1. The number of aromatic nitrogens is 3. The minimum absolute atomic E-state index is 0.0913. The van der Waals surface area contributed by atoms with Crippen LogP contribution in [0.25, 0.3) is 21.9 Å². The highest BCUT2D eigenvalue weighted by molar-refractivity contribution is 5.90. The van der Waals surface area contributed by atoms with Gasteiger partial charge in [0.25, 0.3) is 0 Å². The molecule has 4 rings (SSSR count). The molecule has 1 amide bonds. The Hall–Kier alpha value is -3.21. The Bertz CT molecular complexity index is 1100. The van der Waals surface area contributed by atoms with Gasteiger partial charge in [-0.15, -0.1) is 0 Å². The Morgan fingerprint density at radius 1 is 1.04 bits per heavy atom. The highest BCUT2D eigenvalue weighted by Gasteiger charge is 2.14. The van der Waals surface area contributed by atoms with Gasteiger partial charge in [0.1, 0.15) is 6.33 Å². The van der Waals surface area contributed by atoms with Crippen molar-refractivity contribution in [2.24, 2.45) is 0 Å². The van der Waals surface area contributed by atoms with E-state index in [1.165, 1.54) is 0 Å². The molecule has 4 aromatic rings. The van der Waals surface area contributed by atoms with Gasteiger partial charge >= 0.3 is 0 Å². The first kappa shape index (κ1) is 15.3. The van der Waals surface area contributed by atoms with Gasteiger partial charge in [-0.1, -0.05) is 30.3 Å². The van der Waals surface area contributed by atoms with Crippen LogP contribution in [0.1, 0.15) is 16.8 Å². The van der Waals surface area contributed by atoms with E-state index in [-0.39, 0.29) is 12.3 Å². The van der Waals surface area contributed by atoms with Crippen molar-refractivity contribution in [1.82, 2.24) is 14.6 Å². The van der Waals surface area contributed by atoms with E-state index in [1.807, 2.05) is 62.4 Å². The van der Waals surface area contributed by atoms with Crippen molar-refractivity contribution < 1.29 is 4.79 Å². The van der Waals surface area contributed by atoms with Crippen LogP contribution in [0.2, 0.25) is 0 Å². The third-order valence-electron chi connectivity index (χ3n) is 4.52. The van der Waals surface area contributed by atoms with E-state index < -0.39 is 0 Å². The zero-order chi connectivity index (χ0) is 17.4. The number of nitrogens with one attached hydrogen (secondary N) is 1. The van der Waals surface area contributed by atoms with Crippen molar-refractivity contribution in [2.45, 2.75) is 20.3 Å². The van der Waals surface area contributed by atoms with Crippen LogP contribution in [0, 0.1) is 13.8 Å². The number of carbonyl (C=O) groups is 1. The van der Waals surface area contributed by atoms with Crippen LogP contribution >= 0.6 is 0 Å². The topological polar surface area (TPSA) is 59.8 Å². The third-order valence-corrected chi connectivity index (χ3v) is 4.52. The number of benzene rings is 2. The molecule has 0 unspecified atom stereocenters. The number of nitrogens with zero attached hydrogens (tertiary/aromatic N) is 3. The summed E-state index contributed by atoms with van der Waals surface area (Å²) in [4.78, 5) is 21.5. The number of pyridine rings is 1. The van der Waals surface area contributed by atoms with Gasteiger partial charge in [-0.25, -0.2) is 9.66 Å². The summed E-state index contributed by atoms with van der Waals surface area (Å²) in [6, 6.07) is 15.7. The van der Waals surface area contributed by atoms with E-state index >= 15 is 0 Å². The fraction of sp³-hybridized carbons (Fsp3) is 0.150. The van der Waals surface area contributed by atoms with E-state index in [9.17, 15) is 4.79 Å². The normalized spacial score (nSPS) is 11.1. The van der Waals surface area contributed by atoms with Crippen LogP contribution in [0.4, 0.5) is 0 Å². The second kappa shape index (κ2) is 6.02. The van der Waals surface area contributed by atoms with Gasteiger partial charge in [-0.3, -0.25) is 15.2 Å². The van der Waals surface area contributed by atoms with Gasteiger partial charge in [0.05, 0.1) is 23.0 Å². The Balaban J connectivity index is 1.64. The lowest BCUT2D eigenvalue weighted by Crippen LogP contribution is -2.24. The molecule has 25 heavy (non-hydrogen) atoms. The molecular formula is C20H18N4O. The summed E-state index contributed by atoms with van der Waals surface area (Å²) in [6.07, 6.45) is 1.91. The minimum atomic E-state index is -0.0913. The predicted octanol–water partition coefficient (Wildman–Crippen LogP) is 3.51. The van der Waals surface area contributed by atoms with Crippen LogP contribution in [-0.2, 0) is 11.2 Å². The van der Waals surface area contributed by atoms with Gasteiger partial charge in [0, 0.05) is 11.1 Å². The minimum Gasteiger partial charge on any atom is -0.273 e. The van der Waals surface area contributed by atoms with Gasteiger partial charge in [-0.2, -0.15) is 0 Å². The second-order valence-corrected chi connectivity index (χ2v) is 6.13. The first-order valence-corrected chi connectivity index (χ1v) is 8.20. The number of fused-ring (bicyclic) bond motifs is 2. The molecule has 0 aliphatic heterocycles. The maximum atomic E-state index is 12.6. The van der Waals surface area contributed by atoms with E-state index in [0.717, 1.165) is 38.8 Å². The molecule has 0 saturated heterocycles. The van der Waals surface area contributed by atoms with Crippen molar-refractivity contribution in [3.63, 3.8) is 0 Å². The number of rotatable bonds is 3. The van der Waals surface area contributed by atoms with Crippen LogP contribution in [0.5, 0.6) is 0 Å². The van der Waals surface area contributed by atoms with Crippen molar-refractivity contribution in [3.05, 3.63) is 71.7 Å².